The predicted molar refractivity (Wildman–Crippen MR) is 79.4 cm³/mol. The van der Waals surface area contributed by atoms with Crippen LogP contribution in [0.5, 0.6) is 5.75 Å². The number of hydrogen-bond donors (Lipinski definition) is 1. The van der Waals surface area contributed by atoms with E-state index in [0.29, 0.717) is 16.9 Å². The molecule has 1 aliphatic rings. The smallest absolute Gasteiger partial charge is 0.371 e. The third-order valence-electron chi connectivity index (χ3n) is 2.85. The van der Waals surface area contributed by atoms with Crippen LogP contribution in [0.3, 0.4) is 0 Å². The van der Waals surface area contributed by atoms with Crippen LogP contribution in [0, 0.1) is 5.41 Å². The summed E-state index contributed by atoms with van der Waals surface area (Å²) in [4.78, 5) is 0.362. The molecule has 1 aromatic rings. The second-order valence-corrected chi connectivity index (χ2v) is 9.25. The standard InChI is InChI=1S/C13H17NO5S2/c1-13(2,3)8-11-6-9-4-5-10(19-21(14,17)18)7-12(9)20(11,15)16/h4-7H,8H2,1-3H3,(H2,14,17,18). The number of benzene rings is 1. The first-order valence-corrected chi connectivity index (χ1v) is 9.16. The van der Waals surface area contributed by atoms with Gasteiger partial charge in [-0.05, 0) is 35.6 Å². The molecule has 0 saturated heterocycles. The van der Waals surface area contributed by atoms with Crippen molar-refractivity contribution in [2.45, 2.75) is 32.1 Å². The second-order valence-electron chi connectivity index (χ2n) is 6.13. The highest BCUT2D eigenvalue weighted by Crippen LogP contribution is 2.40. The van der Waals surface area contributed by atoms with Crippen LogP contribution in [0.15, 0.2) is 28.0 Å². The van der Waals surface area contributed by atoms with Crippen molar-refractivity contribution in [3.05, 3.63) is 28.7 Å². The molecule has 1 heterocycles. The zero-order valence-electron chi connectivity index (χ0n) is 12.0. The summed E-state index contributed by atoms with van der Waals surface area (Å²) in [6.45, 7) is 5.84. The predicted octanol–water partition coefficient (Wildman–Crippen LogP) is 1.83. The lowest BCUT2D eigenvalue weighted by molar-refractivity contribution is 0.416. The Morgan fingerprint density at radius 3 is 2.38 bits per heavy atom. The Labute approximate surface area is 124 Å². The molecule has 0 fully saturated rings. The average Bonchev–Trinajstić information content (AvgIpc) is 2.47. The van der Waals surface area contributed by atoms with Gasteiger partial charge in [-0.15, -0.1) is 0 Å². The normalized spacial score (nSPS) is 17.2. The number of nitrogens with two attached hydrogens (primary N) is 1. The van der Waals surface area contributed by atoms with Gasteiger partial charge in [0.15, 0.2) is 0 Å². The largest absolute Gasteiger partial charge is 0.380 e. The zero-order chi connectivity index (χ0) is 16.1. The van der Waals surface area contributed by atoms with Crippen molar-refractivity contribution in [2.24, 2.45) is 10.6 Å². The Bertz CT molecular complexity index is 815. The van der Waals surface area contributed by atoms with Crippen LogP contribution in [-0.2, 0) is 20.1 Å². The minimum atomic E-state index is -4.19. The maximum Gasteiger partial charge on any atom is 0.380 e. The van der Waals surface area contributed by atoms with Crippen molar-refractivity contribution < 1.29 is 21.0 Å². The first kappa shape index (κ1) is 16.0. The van der Waals surface area contributed by atoms with Gasteiger partial charge in [0, 0.05) is 6.07 Å². The Kier molecular flexibility index (Phi) is 3.67. The third-order valence-corrected chi connectivity index (χ3v) is 5.16. The van der Waals surface area contributed by atoms with Gasteiger partial charge < -0.3 is 4.18 Å². The van der Waals surface area contributed by atoms with Crippen LogP contribution in [0.2, 0.25) is 0 Å². The fraction of sp³-hybridized carbons (Fsp3) is 0.385. The molecule has 0 atom stereocenters. The van der Waals surface area contributed by atoms with Crippen LogP contribution < -0.4 is 9.32 Å². The van der Waals surface area contributed by atoms with Crippen molar-refractivity contribution in [3.8, 4) is 5.75 Å². The Morgan fingerprint density at radius 2 is 1.86 bits per heavy atom. The van der Waals surface area contributed by atoms with Crippen LogP contribution >= 0.6 is 0 Å². The summed E-state index contributed by atoms with van der Waals surface area (Å²) in [7, 11) is -7.80. The molecule has 116 valence electrons. The Hall–Kier alpha value is -1.38. The minimum Gasteiger partial charge on any atom is -0.371 e. The first-order chi connectivity index (χ1) is 9.38. The molecule has 1 aliphatic heterocycles. The van der Waals surface area contributed by atoms with Crippen molar-refractivity contribution in [2.75, 3.05) is 0 Å². The molecule has 0 saturated carbocycles. The lowest BCUT2D eigenvalue weighted by Crippen LogP contribution is -2.19. The quantitative estimate of drug-likeness (QED) is 0.910. The highest BCUT2D eigenvalue weighted by molar-refractivity contribution is 7.95. The summed E-state index contributed by atoms with van der Waals surface area (Å²) in [5, 5.41) is 4.78. The number of sulfone groups is 1. The second kappa shape index (κ2) is 4.82. The third kappa shape index (κ3) is 3.63. The number of rotatable bonds is 3. The summed E-state index contributed by atoms with van der Waals surface area (Å²) in [6.07, 6.45) is 2.01. The molecule has 8 heteroatoms. The van der Waals surface area contributed by atoms with E-state index in [1.165, 1.54) is 18.2 Å². The van der Waals surface area contributed by atoms with E-state index >= 15 is 0 Å². The van der Waals surface area contributed by atoms with Gasteiger partial charge in [-0.1, -0.05) is 20.8 Å². The molecule has 0 amide bonds. The summed E-state index contributed by atoms with van der Waals surface area (Å²) in [5.74, 6) is -0.120. The molecule has 6 nitrogen and oxygen atoms in total. The van der Waals surface area contributed by atoms with Crippen LogP contribution in [-0.4, -0.2) is 16.8 Å². The molecule has 21 heavy (non-hydrogen) atoms. The van der Waals surface area contributed by atoms with Gasteiger partial charge in [-0.25, -0.2) is 8.42 Å². The van der Waals surface area contributed by atoms with Gasteiger partial charge in [0.2, 0.25) is 9.84 Å². The van der Waals surface area contributed by atoms with Gasteiger partial charge in [0.1, 0.15) is 5.75 Å². The molecule has 2 N–H and O–H groups in total. The van der Waals surface area contributed by atoms with E-state index in [2.05, 4.69) is 4.18 Å². The number of allylic oxidation sites excluding steroid dienone is 1. The van der Waals surface area contributed by atoms with E-state index in [4.69, 9.17) is 5.14 Å². The molecule has 1 aromatic carbocycles. The number of hydrogen-bond acceptors (Lipinski definition) is 5. The summed E-state index contributed by atoms with van der Waals surface area (Å²) < 4.78 is 51.3. The molecule has 0 bridgehead atoms. The highest BCUT2D eigenvalue weighted by Gasteiger charge is 2.32. The topological polar surface area (TPSA) is 104 Å². The average molecular weight is 331 g/mol. The van der Waals surface area contributed by atoms with Crippen molar-refractivity contribution in [1.82, 2.24) is 0 Å². The van der Waals surface area contributed by atoms with Gasteiger partial charge in [0.25, 0.3) is 0 Å². The monoisotopic (exact) mass is 331 g/mol. The Balaban J connectivity index is 2.43. The zero-order valence-corrected chi connectivity index (χ0v) is 13.6. The van der Waals surface area contributed by atoms with Crippen molar-refractivity contribution in [1.29, 1.82) is 0 Å². The van der Waals surface area contributed by atoms with Crippen LogP contribution in [0.4, 0.5) is 0 Å². The molecular formula is C13H17NO5S2. The maximum absolute atomic E-state index is 12.5. The lowest BCUT2D eigenvalue weighted by atomic mass is 9.92. The van der Waals surface area contributed by atoms with Gasteiger partial charge >= 0.3 is 10.3 Å². The van der Waals surface area contributed by atoms with E-state index in [9.17, 15) is 16.8 Å². The summed E-state index contributed by atoms with van der Waals surface area (Å²) >= 11 is 0. The molecular weight excluding hydrogens is 314 g/mol. The van der Waals surface area contributed by atoms with E-state index in [1.807, 2.05) is 20.8 Å². The lowest BCUT2D eigenvalue weighted by Gasteiger charge is -2.18. The van der Waals surface area contributed by atoms with Gasteiger partial charge in [0.05, 0.1) is 9.80 Å². The first-order valence-electron chi connectivity index (χ1n) is 6.20. The molecule has 0 spiro atoms. The van der Waals surface area contributed by atoms with E-state index in [1.54, 1.807) is 6.08 Å². The van der Waals surface area contributed by atoms with Gasteiger partial charge in [-0.3, -0.25) is 0 Å². The Morgan fingerprint density at radius 1 is 1.24 bits per heavy atom. The molecule has 0 radical (unpaired) electrons. The van der Waals surface area contributed by atoms with Gasteiger partial charge in [-0.2, -0.15) is 13.6 Å². The van der Waals surface area contributed by atoms with E-state index in [-0.39, 0.29) is 16.1 Å². The SMILES string of the molecule is CC(C)(C)CC1=Cc2ccc(OS(N)(=O)=O)cc2S1(=O)=O. The fourth-order valence-corrected chi connectivity index (χ4v) is 4.38. The molecule has 2 rings (SSSR count). The molecule has 0 aromatic heterocycles. The highest BCUT2D eigenvalue weighted by atomic mass is 32.2. The van der Waals surface area contributed by atoms with E-state index in [0.717, 1.165) is 0 Å². The van der Waals surface area contributed by atoms with Crippen LogP contribution in [0.25, 0.3) is 6.08 Å². The molecule has 0 unspecified atom stereocenters. The van der Waals surface area contributed by atoms with E-state index < -0.39 is 20.1 Å². The van der Waals surface area contributed by atoms with Crippen molar-refractivity contribution in [3.63, 3.8) is 0 Å². The molecule has 0 aliphatic carbocycles. The summed E-state index contributed by atoms with van der Waals surface area (Å²) in [5.41, 5.74) is 0.344. The van der Waals surface area contributed by atoms with Crippen molar-refractivity contribution >= 4 is 26.2 Å². The fourth-order valence-electron chi connectivity index (χ4n) is 2.11. The van der Waals surface area contributed by atoms with Crippen LogP contribution in [0.1, 0.15) is 32.8 Å². The maximum atomic E-state index is 12.5. The number of fused-ring (bicyclic) bond motifs is 1. The summed E-state index contributed by atoms with van der Waals surface area (Å²) in [6, 6.07) is 4.06. The minimum absolute atomic E-state index is 0.0444.